The Morgan fingerprint density at radius 3 is 2.57 bits per heavy atom. The molecular formula is C12H19F3N2O2S2. The molecule has 9 heteroatoms. The van der Waals surface area contributed by atoms with Gasteiger partial charge in [0.2, 0.25) is 10.0 Å². The molecule has 1 aromatic rings. The van der Waals surface area contributed by atoms with E-state index in [9.17, 15) is 21.6 Å². The molecule has 1 aromatic heterocycles. The van der Waals surface area contributed by atoms with Gasteiger partial charge in [0, 0.05) is 35.8 Å². The minimum Gasteiger partial charge on any atom is -0.310 e. The first-order valence-electron chi connectivity index (χ1n) is 6.47. The Labute approximate surface area is 126 Å². The summed E-state index contributed by atoms with van der Waals surface area (Å²) in [6, 6.07) is 1.82. The maximum Gasteiger partial charge on any atom is 0.389 e. The van der Waals surface area contributed by atoms with Gasteiger partial charge in [-0.2, -0.15) is 13.2 Å². The van der Waals surface area contributed by atoms with Crippen LogP contribution < -0.4 is 10.0 Å². The Morgan fingerprint density at radius 2 is 2.00 bits per heavy atom. The van der Waals surface area contributed by atoms with Crippen molar-refractivity contribution in [1.82, 2.24) is 10.0 Å². The molecule has 0 saturated carbocycles. The fourth-order valence-electron chi connectivity index (χ4n) is 1.48. The Bertz CT molecular complexity index is 539. The van der Waals surface area contributed by atoms with Crippen molar-refractivity contribution < 1.29 is 21.6 Å². The third-order valence-electron chi connectivity index (χ3n) is 2.55. The van der Waals surface area contributed by atoms with Gasteiger partial charge in [0.05, 0.1) is 4.90 Å². The molecule has 122 valence electrons. The molecule has 21 heavy (non-hydrogen) atoms. The quantitative estimate of drug-likeness (QED) is 0.713. The van der Waals surface area contributed by atoms with Gasteiger partial charge in [-0.05, 0) is 12.5 Å². The summed E-state index contributed by atoms with van der Waals surface area (Å²) in [6.07, 6.45) is -5.53. The summed E-state index contributed by atoms with van der Waals surface area (Å²) in [6.45, 7) is 4.30. The van der Waals surface area contributed by atoms with E-state index in [1.807, 2.05) is 13.8 Å². The number of sulfonamides is 1. The minimum atomic E-state index is -4.26. The monoisotopic (exact) mass is 344 g/mol. The SMILES string of the molecule is CC(C)NCc1cc(S(=O)(=O)NCCCC(F)(F)F)cs1. The molecule has 4 nitrogen and oxygen atoms in total. The molecule has 2 N–H and O–H groups in total. The smallest absolute Gasteiger partial charge is 0.310 e. The number of hydrogen-bond donors (Lipinski definition) is 2. The van der Waals surface area contributed by atoms with Crippen molar-refractivity contribution in [2.75, 3.05) is 6.54 Å². The molecule has 0 aliphatic heterocycles. The lowest BCUT2D eigenvalue weighted by atomic mass is 10.3. The predicted octanol–water partition coefficient (Wildman–Crippen LogP) is 2.87. The Balaban J connectivity index is 2.51. The standard InChI is InChI=1S/C12H19F3N2O2S2/c1-9(2)16-7-10-6-11(8-20-10)21(18,19)17-5-3-4-12(13,14)15/h6,8-9,16-17H,3-5,7H2,1-2H3. The van der Waals surface area contributed by atoms with Crippen LogP contribution in [0.3, 0.4) is 0 Å². The number of thiophene rings is 1. The predicted molar refractivity (Wildman–Crippen MR) is 76.8 cm³/mol. The minimum absolute atomic E-state index is 0.0973. The van der Waals surface area contributed by atoms with Crippen LogP contribution in [0.15, 0.2) is 16.3 Å². The molecule has 0 aliphatic rings. The van der Waals surface area contributed by atoms with Crippen LogP contribution in [0.5, 0.6) is 0 Å². The van der Waals surface area contributed by atoms with Crippen molar-refractivity contribution in [3.63, 3.8) is 0 Å². The second-order valence-electron chi connectivity index (χ2n) is 4.90. The maximum atomic E-state index is 12.0. The highest BCUT2D eigenvalue weighted by atomic mass is 32.2. The fourth-order valence-corrected chi connectivity index (χ4v) is 3.78. The van der Waals surface area contributed by atoms with E-state index in [-0.39, 0.29) is 23.9 Å². The summed E-state index contributed by atoms with van der Waals surface area (Å²) < 4.78 is 61.9. The number of halogens is 3. The molecule has 0 fully saturated rings. The third kappa shape index (κ3) is 7.25. The van der Waals surface area contributed by atoms with Gasteiger partial charge in [0.15, 0.2) is 0 Å². The lowest BCUT2D eigenvalue weighted by Crippen LogP contribution is -2.25. The van der Waals surface area contributed by atoms with Crippen LogP contribution in [0.25, 0.3) is 0 Å². The molecule has 0 atom stereocenters. The van der Waals surface area contributed by atoms with Crippen molar-refractivity contribution in [2.24, 2.45) is 0 Å². The largest absolute Gasteiger partial charge is 0.389 e. The van der Waals surface area contributed by atoms with Gasteiger partial charge in [0.25, 0.3) is 0 Å². The highest BCUT2D eigenvalue weighted by Gasteiger charge is 2.26. The molecule has 0 amide bonds. The number of nitrogens with one attached hydrogen (secondary N) is 2. The molecule has 1 heterocycles. The molecule has 1 rings (SSSR count). The van der Waals surface area contributed by atoms with Crippen molar-refractivity contribution in [3.8, 4) is 0 Å². The van der Waals surface area contributed by atoms with Gasteiger partial charge >= 0.3 is 6.18 Å². The highest BCUT2D eigenvalue weighted by Crippen LogP contribution is 2.22. The van der Waals surface area contributed by atoms with E-state index < -0.39 is 22.6 Å². The average molecular weight is 344 g/mol. The van der Waals surface area contributed by atoms with Crippen molar-refractivity contribution in [1.29, 1.82) is 0 Å². The van der Waals surface area contributed by atoms with Gasteiger partial charge in [-0.15, -0.1) is 11.3 Å². The maximum absolute atomic E-state index is 12.0. The molecule has 0 bridgehead atoms. The lowest BCUT2D eigenvalue weighted by Gasteiger charge is -2.07. The van der Waals surface area contributed by atoms with E-state index in [2.05, 4.69) is 10.0 Å². The fraction of sp³-hybridized carbons (Fsp3) is 0.667. The summed E-state index contributed by atoms with van der Waals surface area (Å²) in [5.74, 6) is 0. The first-order chi connectivity index (χ1) is 9.60. The average Bonchev–Trinajstić information content (AvgIpc) is 2.80. The molecule has 0 unspecified atom stereocenters. The van der Waals surface area contributed by atoms with Crippen LogP contribution in [0.2, 0.25) is 0 Å². The second-order valence-corrected chi connectivity index (χ2v) is 7.66. The van der Waals surface area contributed by atoms with Crippen molar-refractivity contribution in [3.05, 3.63) is 16.3 Å². The van der Waals surface area contributed by atoms with E-state index in [1.54, 1.807) is 0 Å². The number of hydrogen-bond acceptors (Lipinski definition) is 4. The molecular weight excluding hydrogens is 325 g/mol. The van der Waals surface area contributed by atoms with E-state index >= 15 is 0 Å². The van der Waals surface area contributed by atoms with Crippen LogP contribution in [0.1, 0.15) is 31.6 Å². The molecule has 0 spiro atoms. The van der Waals surface area contributed by atoms with Gasteiger partial charge in [-0.25, -0.2) is 13.1 Å². The lowest BCUT2D eigenvalue weighted by molar-refractivity contribution is -0.135. The van der Waals surface area contributed by atoms with E-state index in [1.165, 1.54) is 22.8 Å². The summed E-state index contributed by atoms with van der Waals surface area (Å²) >= 11 is 1.30. The Morgan fingerprint density at radius 1 is 1.33 bits per heavy atom. The first kappa shape index (κ1) is 18.4. The van der Waals surface area contributed by atoms with Gasteiger partial charge in [0.1, 0.15) is 0 Å². The third-order valence-corrected chi connectivity index (χ3v) is 5.08. The Hall–Kier alpha value is -0.640. The number of alkyl halides is 3. The Kier molecular flexibility index (Phi) is 6.64. The summed E-state index contributed by atoms with van der Waals surface area (Å²) in [7, 11) is -3.73. The zero-order chi connectivity index (χ0) is 16.1. The van der Waals surface area contributed by atoms with Gasteiger partial charge in [-0.3, -0.25) is 0 Å². The first-order valence-corrected chi connectivity index (χ1v) is 8.83. The topological polar surface area (TPSA) is 58.2 Å². The normalized spacial score (nSPS) is 13.0. The zero-order valence-electron chi connectivity index (χ0n) is 11.8. The highest BCUT2D eigenvalue weighted by molar-refractivity contribution is 7.89. The van der Waals surface area contributed by atoms with E-state index in [0.29, 0.717) is 6.54 Å². The molecule has 0 radical (unpaired) electrons. The zero-order valence-corrected chi connectivity index (χ0v) is 13.5. The van der Waals surface area contributed by atoms with Gasteiger partial charge in [-0.1, -0.05) is 13.8 Å². The van der Waals surface area contributed by atoms with Crippen LogP contribution in [0.4, 0.5) is 13.2 Å². The molecule has 0 aliphatic carbocycles. The summed E-state index contributed by atoms with van der Waals surface area (Å²) in [4.78, 5) is 0.958. The summed E-state index contributed by atoms with van der Waals surface area (Å²) in [5, 5.41) is 4.66. The van der Waals surface area contributed by atoms with E-state index in [0.717, 1.165) is 4.88 Å². The molecule has 0 saturated heterocycles. The van der Waals surface area contributed by atoms with Crippen molar-refractivity contribution >= 4 is 21.4 Å². The van der Waals surface area contributed by atoms with Crippen LogP contribution >= 0.6 is 11.3 Å². The summed E-state index contributed by atoms with van der Waals surface area (Å²) in [5.41, 5.74) is 0. The van der Waals surface area contributed by atoms with Crippen molar-refractivity contribution in [2.45, 2.75) is 50.3 Å². The van der Waals surface area contributed by atoms with Crippen LogP contribution in [-0.4, -0.2) is 27.2 Å². The van der Waals surface area contributed by atoms with E-state index in [4.69, 9.17) is 0 Å². The van der Waals surface area contributed by atoms with Crippen LogP contribution in [-0.2, 0) is 16.6 Å². The number of rotatable bonds is 8. The molecule has 0 aromatic carbocycles. The van der Waals surface area contributed by atoms with Gasteiger partial charge < -0.3 is 5.32 Å². The van der Waals surface area contributed by atoms with Crippen LogP contribution in [0, 0.1) is 0 Å². The second kappa shape index (κ2) is 7.57.